The molecule has 0 aliphatic heterocycles. The number of nitrogens with zero attached hydrogens (tertiary/aromatic N) is 2. The van der Waals surface area contributed by atoms with Crippen molar-refractivity contribution in [1.29, 1.82) is 0 Å². The van der Waals surface area contributed by atoms with Crippen molar-refractivity contribution >= 4 is 11.5 Å². The molecule has 0 atom stereocenters. The molecule has 0 radical (unpaired) electrons. The first-order chi connectivity index (χ1) is 6.65. The van der Waals surface area contributed by atoms with E-state index in [1.165, 1.54) is 0 Å². The van der Waals surface area contributed by atoms with Gasteiger partial charge in [0, 0.05) is 6.20 Å². The van der Waals surface area contributed by atoms with Crippen molar-refractivity contribution in [3.63, 3.8) is 0 Å². The molecule has 0 amide bonds. The zero-order chi connectivity index (χ0) is 10.1. The number of aromatic nitrogens is 2. The molecule has 0 bridgehead atoms. The zero-order valence-corrected chi connectivity index (χ0v) is 7.77. The summed E-state index contributed by atoms with van der Waals surface area (Å²) in [6.07, 6.45) is 1.78. The minimum Gasteiger partial charge on any atom is -0.481 e. The van der Waals surface area contributed by atoms with Gasteiger partial charge >= 0.3 is 5.97 Å². The number of fused-ring (bicyclic) bond motifs is 1. The molecule has 0 saturated heterocycles. The van der Waals surface area contributed by atoms with E-state index < -0.39 is 5.97 Å². The molecule has 2 heterocycles. The fourth-order valence-corrected chi connectivity index (χ4v) is 1.44. The maximum Gasteiger partial charge on any atom is 0.307 e. The predicted octanol–water partition coefficient (Wildman–Crippen LogP) is 1.27. The molecule has 14 heavy (non-hydrogen) atoms. The Morgan fingerprint density at radius 2 is 2.36 bits per heavy atom. The Balaban J connectivity index is 2.45. The number of hydrogen-bond donors (Lipinski definition) is 1. The molecule has 0 aliphatic rings. The lowest BCUT2D eigenvalue weighted by Gasteiger charge is -1.97. The van der Waals surface area contributed by atoms with Crippen molar-refractivity contribution in [2.24, 2.45) is 0 Å². The van der Waals surface area contributed by atoms with Crippen LogP contribution in [0.15, 0.2) is 24.4 Å². The van der Waals surface area contributed by atoms with E-state index in [1.54, 1.807) is 10.7 Å². The average molecular weight is 190 g/mol. The summed E-state index contributed by atoms with van der Waals surface area (Å²) in [4.78, 5) is 10.5. The van der Waals surface area contributed by atoms with Crippen molar-refractivity contribution in [2.45, 2.75) is 13.3 Å². The van der Waals surface area contributed by atoms with Gasteiger partial charge in [0.15, 0.2) is 0 Å². The van der Waals surface area contributed by atoms with Crippen molar-refractivity contribution in [1.82, 2.24) is 9.61 Å². The van der Waals surface area contributed by atoms with Crippen LogP contribution >= 0.6 is 0 Å². The third-order valence-corrected chi connectivity index (χ3v) is 2.00. The highest BCUT2D eigenvalue weighted by molar-refractivity contribution is 5.70. The second-order valence-corrected chi connectivity index (χ2v) is 3.26. The Morgan fingerprint density at radius 1 is 1.57 bits per heavy atom. The van der Waals surface area contributed by atoms with Gasteiger partial charge in [-0.05, 0) is 24.6 Å². The standard InChI is InChI=1S/C10H10N2O2/c1-7-4-9-3-2-8(5-10(13)14)6-12(9)11-7/h2-4,6H,5H2,1H3,(H,13,14). The van der Waals surface area contributed by atoms with E-state index in [0.717, 1.165) is 16.8 Å². The second kappa shape index (κ2) is 3.14. The van der Waals surface area contributed by atoms with Crippen molar-refractivity contribution in [3.05, 3.63) is 35.7 Å². The van der Waals surface area contributed by atoms with Crippen molar-refractivity contribution in [2.75, 3.05) is 0 Å². The molecule has 4 heteroatoms. The average Bonchev–Trinajstić information content (AvgIpc) is 2.42. The minimum atomic E-state index is -0.826. The van der Waals surface area contributed by atoms with E-state index in [9.17, 15) is 4.79 Å². The molecule has 0 spiro atoms. The van der Waals surface area contributed by atoms with Crippen LogP contribution in [0.4, 0.5) is 0 Å². The summed E-state index contributed by atoms with van der Waals surface area (Å²) in [5.41, 5.74) is 2.67. The molecular formula is C10H10N2O2. The maximum atomic E-state index is 10.5. The van der Waals surface area contributed by atoms with Gasteiger partial charge in [0.2, 0.25) is 0 Å². The van der Waals surface area contributed by atoms with Gasteiger partial charge in [0.05, 0.1) is 17.6 Å². The van der Waals surface area contributed by atoms with Crippen LogP contribution in [-0.4, -0.2) is 20.7 Å². The Hall–Kier alpha value is -1.84. The van der Waals surface area contributed by atoms with Crippen LogP contribution in [0.25, 0.3) is 5.52 Å². The molecule has 0 aliphatic carbocycles. The lowest BCUT2D eigenvalue weighted by Crippen LogP contribution is -2.01. The topological polar surface area (TPSA) is 54.6 Å². The number of hydrogen-bond acceptors (Lipinski definition) is 2. The Labute approximate surface area is 80.8 Å². The monoisotopic (exact) mass is 190 g/mol. The summed E-state index contributed by atoms with van der Waals surface area (Å²) < 4.78 is 1.70. The number of aryl methyl sites for hydroxylation is 1. The molecule has 0 fully saturated rings. The second-order valence-electron chi connectivity index (χ2n) is 3.26. The van der Waals surface area contributed by atoms with Crippen LogP contribution in [-0.2, 0) is 11.2 Å². The first kappa shape index (κ1) is 8.74. The highest BCUT2D eigenvalue weighted by atomic mass is 16.4. The number of carboxylic acid groups (broad SMARTS) is 1. The zero-order valence-electron chi connectivity index (χ0n) is 7.77. The Bertz CT molecular complexity index is 488. The van der Waals surface area contributed by atoms with Gasteiger partial charge in [-0.25, -0.2) is 4.52 Å². The summed E-state index contributed by atoms with van der Waals surface area (Å²) >= 11 is 0. The highest BCUT2D eigenvalue weighted by Crippen LogP contribution is 2.08. The minimum absolute atomic E-state index is 0.0366. The SMILES string of the molecule is Cc1cc2ccc(CC(=O)O)cn2n1. The van der Waals surface area contributed by atoms with E-state index in [0.29, 0.717) is 0 Å². The third kappa shape index (κ3) is 1.59. The van der Waals surface area contributed by atoms with Crippen molar-refractivity contribution in [3.8, 4) is 0 Å². The van der Waals surface area contributed by atoms with Gasteiger partial charge in [-0.1, -0.05) is 6.07 Å². The predicted molar refractivity (Wildman–Crippen MR) is 51.3 cm³/mol. The van der Waals surface area contributed by atoms with E-state index in [4.69, 9.17) is 5.11 Å². The van der Waals surface area contributed by atoms with E-state index >= 15 is 0 Å². The smallest absolute Gasteiger partial charge is 0.307 e. The highest BCUT2D eigenvalue weighted by Gasteiger charge is 2.02. The van der Waals surface area contributed by atoms with Crippen LogP contribution in [0.3, 0.4) is 0 Å². The molecule has 0 aromatic carbocycles. The van der Waals surface area contributed by atoms with Gasteiger partial charge in [0.25, 0.3) is 0 Å². The van der Waals surface area contributed by atoms with Crippen LogP contribution in [0, 0.1) is 6.92 Å². The van der Waals surface area contributed by atoms with Gasteiger partial charge in [-0.15, -0.1) is 0 Å². The van der Waals surface area contributed by atoms with Gasteiger partial charge in [-0.2, -0.15) is 5.10 Å². The molecule has 0 saturated carbocycles. The van der Waals surface area contributed by atoms with Crippen LogP contribution < -0.4 is 0 Å². The van der Waals surface area contributed by atoms with Crippen LogP contribution in [0.5, 0.6) is 0 Å². The number of rotatable bonds is 2. The van der Waals surface area contributed by atoms with Crippen LogP contribution in [0.1, 0.15) is 11.3 Å². The molecule has 1 N–H and O–H groups in total. The first-order valence-electron chi connectivity index (χ1n) is 4.32. The van der Waals surface area contributed by atoms with Gasteiger partial charge in [-0.3, -0.25) is 4.79 Å². The molecule has 2 rings (SSSR count). The van der Waals surface area contributed by atoms with Gasteiger partial charge in [0.1, 0.15) is 0 Å². The normalized spacial score (nSPS) is 10.6. The fraction of sp³-hybridized carbons (Fsp3) is 0.200. The molecule has 4 nitrogen and oxygen atoms in total. The number of pyridine rings is 1. The summed E-state index contributed by atoms with van der Waals surface area (Å²) in [6.45, 7) is 1.91. The summed E-state index contributed by atoms with van der Waals surface area (Å²) in [5.74, 6) is -0.826. The molecular weight excluding hydrogens is 180 g/mol. The summed E-state index contributed by atoms with van der Waals surface area (Å²) in [5, 5.41) is 12.8. The number of carboxylic acids is 1. The lowest BCUT2D eigenvalue weighted by molar-refractivity contribution is -0.136. The Morgan fingerprint density at radius 3 is 3.07 bits per heavy atom. The van der Waals surface area contributed by atoms with E-state index in [-0.39, 0.29) is 6.42 Å². The number of carbonyl (C=O) groups is 1. The molecule has 2 aromatic rings. The summed E-state index contributed by atoms with van der Waals surface area (Å²) in [6, 6.07) is 5.63. The first-order valence-corrected chi connectivity index (χ1v) is 4.32. The van der Waals surface area contributed by atoms with Crippen molar-refractivity contribution < 1.29 is 9.90 Å². The fourth-order valence-electron chi connectivity index (χ4n) is 1.44. The third-order valence-electron chi connectivity index (χ3n) is 2.00. The molecule has 0 unspecified atom stereocenters. The summed E-state index contributed by atoms with van der Waals surface area (Å²) in [7, 11) is 0. The van der Waals surface area contributed by atoms with E-state index in [2.05, 4.69) is 5.10 Å². The largest absolute Gasteiger partial charge is 0.481 e. The van der Waals surface area contributed by atoms with E-state index in [1.807, 2.05) is 25.1 Å². The quantitative estimate of drug-likeness (QED) is 0.775. The molecule has 72 valence electrons. The van der Waals surface area contributed by atoms with Crippen LogP contribution in [0.2, 0.25) is 0 Å². The number of aliphatic carboxylic acids is 1. The maximum absolute atomic E-state index is 10.5. The lowest BCUT2D eigenvalue weighted by atomic mass is 10.2. The Kier molecular flexibility index (Phi) is 1.96. The van der Waals surface area contributed by atoms with Gasteiger partial charge < -0.3 is 5.11 Å². The molecule has 2 aromatic heterocycles.